The van der Waals surface area contributed by atoms with Crippen molar-refractivity contribution in [1.82, 2.24) is 4.98 Å². The van der Waals surface area contributed by atoms with E-state index in [9.17, 15) is 0 Å². The number of nitrogens with two attached hydrogens (primary N) is 1. The zero-order chi connectivity index (χ0) is 12.1. The van der Waals surface area contributed by atoms with E-state index in [1.165, 1.54) is 25.7 Å². The number of hydrogen-bond donors (Lipinski definition) is 2. The van der Waals surface area contributed by atoms with E-state index in [4.69, 9.17) is 17.3 Å². The molecule has 1 fully saturated rings. The molecule has 1 heterocycles. The summed E-state index contributed by atoms with van der Waals surface area (Å²) in [5, 5.41) is 4.11. The summed E-state index contributed by atoms with van der Waals surface area (Å²) in [5.41, 5.74) is 6.80. The van der Waals surface area contributed by atoms with Crippen LogP contribution in [0.25, 0.3) is 0 Å². The van der Waals surface area contributed by atoms with Crippen LogP contribution < -0.4 is 11.1 Å². The Morgan fingerprint density at radius 3 is 2.82 bits per heavy atom. The van der Waals surface area contributed by atoms with Crippen LogP contribution in [0.1, 0.15) is 25.7 Å². The van der Waals surface area contributed by atoms with E-state index < -0.39 is 0 Å². The first-order valence-corrected chi connectivity index (χ1v) is 6.72. The summed E-state index contributed by atoms with van der Waals surface area (Å²) in [6, 6.07) is 1.92. The van der Waals surface area contributed by atoms with Gasteiger partial charge in [-0.2, -0.15) is 0 Å². The van der Waals surface area contributed by atoms with Crippen LogP contribution in [0.15, 0.2) is 18.5 Å². The predicted octanol–water partition coefficient (Wildman–Crippen LogP) is 2.91. The molecular weight excluding hydrogens is 234 g/mol. The molecule has 94 valence electrons. The van der Waals surface area contributed by atoms with Gasteiger partial charge in [-0.25, -0.2) is 0 Å². The highest BCUT2D eigenvalue weighted by Gasteiger charge is 2.23. The molecule has 0 spiro atoms. The number of hydrogen-bond acceptors (Lipinski definition) is 3. The lowest BCUT2D eigenvalue weighted by molar-refractivity contribution is 0.255. The lowest BCUT2D eigenvalue weighted by Gasteiger charge is -2.31. The maximum Gasteiger partial charge on any atom is 0.0820 e. The Morgan fingerprint density at radius 1 is 1.35 bits per heavy atom. The van der Waals surface area contributed by atoms with Gasteiger partial charge in [0.15, 0.2) is 0 Å². The zero-order valence-corrected chi connectivity index (χ0v) is 10.8. The van der Waals surface area contributed by atoms with Crippen molar-refractivity contribution in [2.75, 3.05) is 18.4 Å². The van der Waals surface area contributed by atoms with Crippen LogP contribution in [0.5, 0.6) is 0 Å². The topological polar surface area (TPSA) is 50.9 Å². The highest BCUT2D eigenvalue weighted by Crippen LogP contribution is 2.30. The van der Waals surface area contributed by atoms with Crippen molar-refractivity contribution in [3.8, 4) is 0 Å². The Bertz CT molecular complexity index is 356. The van der Waals surface area contributed by atoms with Gasteiger partial charge in [0.05, 0.1) is 10.7 Å². The predicted molar refractivity (Wildman–Crippen MR) is 72.2 cm³/mol. The van der Waals surface area contributed by atoms with E-state index >= 15 is 0 Å². The summed E-state index contributed by atoms with van der Waals surface area (Å²) in [4.78, 5) is 3.98. The van der Waals surface area contributed by atoms with Crippen molar-refractivity contribution < 1.29 is 0 Å². The van der Waals surface area contributed by atoms with Crippen molar-refractivity contribution in [2.24, 2.45) is 17.6 Å². The molecule has 0 aliphatic heterocycles. The SMILES string of the molecule is NCC1CCCCC1CNc1ccncc1Cl. The maximum atomic E-state index is 6.06. The van der Waals surface area contributed by atoms with Crippen LogP contribution >= 0.6 is 11.6 Å². The Labute approximate surface area is 108 Å². The number of rotatable bonds is 4. The van der Waals surface area contributed by atoms with Crippen molar-refractivity contribution >= 4 is 17.3 Å². The van der Waals surface area contributed by atoms with E-state index in [0.29, 0.717) is 16.9 Å². The molecule has 2 atom stereocenters. The molecule has 3 N–H and O–H groups in total. The third-order valence-electron chi connectivity index (χ3n) is 3.70. The summed E-state index contributed by atoms with van der Waals surface area (Å²) >= 11 is 6.06. The molecule has 1 aromatic heterocycles. The van der Waals surface area contributed by atoms with Crippen LogP contribution in [-0.2, 0) is 0 Å². The van der Waals surface area contributed by atoms with Gasteiger partial charge in [0, 0.05) is 18.9 Å². The van der Waals surface area contributed by atoms with Gasteiger partial charge in [-0.1, -0.05) is 24.4 Å². The van der Waals surface area contributed by atoms with Gasteiger partial charge >= 0.3 is 0 Å². The van der Waals surface area contributed by atoms with E-state index in [0.717, 1.165) is 18.8 Å². The van der Waals surface area contributed by atoms with E-state index in [1.54, 1.807) is 12.4 Å². The average Bonchev–Trinajstić information content (AvgIpc) is 2.38. The summed E-state index contributed by atoms with van der Waals surface area (Å²) in [6.45, 7) is 1.77. The molecule has 0 amide bonds. The first-order chi connectivity index (χ1) is 8.31. The lowest BCUT2D eigenvalue weighted by atomic mass is 9.79. The monoisotopic (exact) mass is 253 g/mol. The third kappa shape index (κ3) is 3.33. The number of nitrogens with one attached hydrogen (secondary N) is 1. The first kappa shape index (κ1) is 12.7. The first-order valence-electron chi connectivity index (χ1n) is 6.34. The molecule has 0 radical (unpaired) electrons. The van der Waals surface area contributed by atoms with Gasteiger partial charge in [0.2, 0.25) is 0 Å². The molecule has 0 bridgehead atoms. The minimum atomic E-state index is 0.664. The fourth-order valence-corrected chi connectivity index (χ4v) is 2.81. The lowest BCUT2D eigenvalue weighted by Crippen LogP contribution is -2.31. The van der Waals surface area contributed by atoms with Gasteiger partial charge in [-0.15, -0.1) is 0 Å². The van der Waals surface area contributed by atoms with E-state index in [2.05, 4.69) is 10.3 Å². The number of aromatic nitrogens is 1. The molecule has 1 saturated carbocycles. The summed E-state index contributed by atoms with van der Waals surface area (Å²) < 4.78 is 0. The Kier molecular flexibility index (Phi) is 4.63. The quantitative estimate of drug-likeness (QED) is 0.868. The second kappa shape index (κ2) is 6.22. The van der Waals surface area contributed by atoms with E-state index in [1.807, 2.05) is 6.07 Å². The molecule has 1 aliphatic rings. The molecule has 1 aliphatic carbocycles. The van der Waals surface area contributed by atoms with E-state index in [-0.39, 0.29) is 0 Å². The third-order valence-corrected chi connectivity index (χ3v) is 4.00. The normalized spacial score (nSPS) is 24.6. The molecule has 2 rings (SSSR count). The van der Waals surface area contributed by atoms with Gasteiger partial charge in [0.1, 0.15) is 0 Å². The minimum Gasteiger partial charge on any atom is -0.383 e. The molecule has 3 nitrogen and oxygen atoms in total. The second-order valence-electron chi connectivity index (χ2n) is 4.78. The second-order valence-corrected chi connectivity index (χ2v) is 5.18. The van der Waals surface area contributed by atoms with Crippen LogP contribution in [-0.4, -0.2) is 18.1 Å². The fraction of sp³-hybridized carbons (Fsp3) is 0.615. The molecule has 0 aromatic carbocycles. The van der Waals surface area contributed by atoms with Crippen LogP contribution in [0.4, 0.5) is 5.69 Å². The highest BCUT2D eigenvalue weighted by molar-refractivity contribution is 6.33. The maximum absolute atomic E-state index is 6.06. The van der Waals surface area contributed by atoms with Gasteiger partial charge in [-0.3, -0.25) is 4.98 Å². The Balaban J connectivity index is 1.90. The van der Waals surface area contributed by atoms with Crippen molar-refractivity contribution in [3.63, 3.8) is 0 Å². The number of anilines is 1. The average molecular weight is 254 g/mol. The van der Waals surface area contributed by atoms with Crippen LogP contribution in [0.2, 0.25) is 5.02 Å². The largest absolute Gasteiger partial charge is 0.383 e. The smallest absolute Gasteiger partial charge is 0.0820 e. The van der Waals surface area contributed by atoms with Gasteiger partial charge in [-0.05, 0) is 37.3 Å². The number of pyridine rings is 1. The van der Waals surface area contributed by atoms with Crippen LogP contribution in [0.3, 0.4) is 0 Å². The Hall–Kier alpha value is -0.800. The van der Waals surface area contributed by atoms with Crippen molar-refractivity contribution in [1.29, 1.82) is 0 Å². The molecule has 0 saturated heterocycles. The molecule has 4 heteroatoms. The summed E-state index contributed by atoms with van der Waals surface area (Å²) in [6.07, 6.45) is 8.63. The Morgan fingerprint density at radius 2 is 2.12 bits per heavy atom. The molecule has 17 heavy (non-hydrogen) atoms. The number of halogens is 1. The minimum absolute atomic E-state index is 0.664. The van der Waals surface area contributed by atoms with Gasteiger partial charge < -0.3 is 11.1 Å². The number of nitrogens with zero attached hydrogens (tertiary/aromatic N) is 1. The summed E-state index contributed by atoms with van der Waals surface area (Å²) in [7, 11) is 0. The van der Waals surface area contributed by atoms with Crippen molar-refractivity contribution in [2.45, 2.75) is 25.7 Å². The fourth-order valence-electron chi connectivity index (χ4n) is 2.62. The van der Waals surface area contributed by atoms with Crippen LogP contribution in [0, 0.1) is 11.8 Å². The molecular formula is C13H20ClN3. The zero-order valence-electron chi connectivity index (χ0n) is 10.0. The molecule has 1 aromatic rings. The summed E-state index contributed by atoms with van der Waals surface area (Å²) in [5.74, 6) is 1.34. The van der Waals surface area contributed by atoms with Crippen molar-refractivity contribution in [3.05, 3.63) is 23.5 Å². The standard InChI is InChI=1S/C13H20ClN3/c14-12-9-16-6-5-13(12)17-8-11-4-2-1-3-10(11)7-15/h5-6,9-11H,1-4,7-8,15H2,(H,16,17). The highest BCUT2D eigenvalue weighted by atomic mass is 35.5. The molecule has 2 unspecified atom stereocenters. The van der Waals surface area contributed by atoms with Gasteiger partial charge in [0.25, 0.3) is 0 Å².